The Bertz CT molecular complexity index is 405. The monoisotopic (exact) mass is 205 g/mol. The van der Waals surface area contributed by atoms with E-state index in [0.717, 1.165) is 6.54 Å². The average Bonchev–Trinajstić information content (AvgIpc) is 2.63. The molecule has 0 aliphatic rings. The number of hydrogen-bond donors (Lipinski definition) is 0. The lowest BCUT2D eigenvalue weighted by Crippen LogP contribution is -1.98. The molecular weight excluding hydrogens is 190 g/mol. The number of hydrogen-bond acceptors (Lipinski definition) is 1. The van der Waals surface area contributed by atoms with Crippen LogP contribution in [-0.4, -0.2) is 16.1 Å². The minimum absolute atomic E-state index is 1.12. The van der Waals surface area contributed by atoms with Gasteiger partial charge in [-0.15, -0.1) is 0 Å². The van der Waals surface area contributed by atoms with Crippen molar-refractivity contribution in [2.24, 2.45) is 0 Å². The predicted octanol–water partition coefficient (Wildman–Crippen LogP) is 3.39. The lowest BCUT2D eigenvalue weighted by molar-refractivity contribution is 0.807. The van der Waals surface area contributed by atoms with Gasteiger partial charge in [0.05, 0.1) is 0 Å². The molecule has 0 fully saturated rings. The highest BCUT2D eigenvalue weighted by Gasteiger charge is 1.98. The van der Waals surface area contributed by atoms with E-state index < -0.39 is 0 Å². The molecule has 0 radical (unpaired) electrons. The number of thioether (sulfide) groups is 1. The summed E-state index contributed by atoms with van der Waals surface area (Å²) in [5, 5.41) is 1.34. The first-order chi connectivity index (χ1) is 6.92. The number of nitrogens with zero attached hydrogens (tertiary/aromatic N) is 1. The summed E-state index contributed by atoms with van der Waals surface area (Å²) in [7, 11) is 0. The van der Waals surface area contributed by atoms with Gasteiger partial charge in [0.25, 0.3) is 0 Å². The Labute approximate surface area is 89.1 Å². The molecular formula is C12H15NS. The first kappa shape index (κ1) is 9.66. The third-order valence-corrected chi connectivity index (χ3v) is 3.24. The van der Waals surface area contributed by atoms with Gasteiger partial charge in [-0.2, -0.15) is 11.8 Å². The highest BCUT2D eigenvalue weighted by molar-refractivity contribution is 7.99. The Morgan fingerprint density at radius 3 is 2.93 bits per heavy atom. The Balaban J connectivity index is 2.17. The lowest BCUT2D eigenvalue weighted by atomic mass is 10.2. The Morgan fingerprint density at radius 1 is 1.21 bits per heavy atom. The largest absolute Gasteiger partial charge is 0.347 e. The van der Waals surface area contributed by atoms with E-state index in [1.807, 2.05) is 11.8 Å². The molecule has 0 N–H and O–H groups in total. The first-order valence-corrected chi connectivity index (χ1v) is 6.19. The fraction of sp³-hybridized carbons (Fsp3) is 0.333. The SMILES string of the molecule is CCSCCn1ccc2ccccc21. The van der Waals surface area contributed by atoms with Gasteiger partial charge in [-0.05, 0) is 23.3 Å². The molecule has 1 aromatic carbocycles. The molecule has 0 unspecified atom stereocenters. The van der Waals surface area contributed by atoms with Crippen molar-refractivity contribution in [1.29, 1.82) is 0 Å². The summed E-state index contributed by atoms with van der Waals surface area (Å²) in [5.74, 6) is 2.41. The molecule has 0 spiro atoms. The van der Waals surface area contributed by atoms with Gasteiger partial charge in [-0.3, -0.25) is 0 Å². The second-order valence-electron chi connectivity index (χ2n) is 3.26. The normalized spacial score (nSPS) is 10.9. The summed E-state index contributed by atoms with van der Waals surface area (Å²) in [6.45, 7) is 3.32. The molecule has 0 saturated heterocycles. The molecule has 2 rings (SSSR count). The second kappa shape index (κ2) is 4.56. The maximum absolute atomic E-state index is 2.33. The van der Waals surface area contributed by atoms with E-state index in [0.29, 0.717) is 0 Å². The van der Waals surface area contributed by atoms with Gasteiger partial charge in [0, 0.05) is 24.0 Å². The Kier molecular flexibility index (Phi) is 3.14. The van der Waals surface area contributed by atoms with Crippen LogP contribution in [0.3, 0.4) is 0 Å². The van der Waals surface area contributed by atoms with Crippen molar-refractivity contribution in [3.05, 3.63) is 36.5 Å². The minimum Gasteiger partial charge on any atom is -0.347 e. The summed E-state index contributed by atoms with van der Waals surface area (Å²) in [4.78, 5) is 0. The molecule has 0 aliphatic carbocycles. The van der Waals surface area contributed by atoms with Crippen molar-refractivity contribution >= 4 is 22.7 Å². The molecule has 0 atom stereocenters. The van der Waals surface area contributed by atoms with Crippen molar-refractivity contribution < 1.29 is 0 Å². The molecule has 0 bridgehead atoms. The van der Waals surface area contributed by atoms with Crippen LogP contribution in [0.25, 0.3) is 10.9 Å². The van der Waals surface area contributed by atoms with Crippen LogP contribution in [0.5, 0.6) is 0 Å². The van der Waals surface area contributed by atoms with Gasteiger partial charge in [0.2, 0.25) is 0 Å². The van der Waals surface area contributed by atoms with E-state index in [1.54, 1.807) is 0 Å². The van der Waals surface area contributed by atoms with Crippen molar-refractivity contribution in [1.82, 2.24) is 4.57 Å². The average molecular weight is 205 g/mol. The first-order valence-electron chi connectivity index (χ1n) is 5.03. The maximum atomic E-state index is 2.33. The van der Waals surface area contributed by atoms with Crippen LogP contribution >= 0.6 is 11.8 Å². The Hall–Kier alpha value is -0.890. The van der Waals surface area contributed by atoms with Crippen molar-refractivity contribution in [3.8, 4) is 0 Å². The molecule has 1 aromatic heterocycles. The number of aromatic nitrogens is 1. The van der Waals surface area contributed by atoms with Crippen LogP contribution in [0, 0.1) is 0 Å². The molecule has 0 amide bonds. The molecule has 2 aromatic rings. The number of aryl methyl sites for hydroxylation is 1. The number of rotatable bonds is 4. The third kappa shape index (κ3) is 1.95. The van der Waals surface area contributed by atoms with Crippen LogP contribution < -0.4 is 0 Å². The summed E-state index contributed by atoms with van der Waals surface area (Å²) in [6.07, 6.45) is 2.18. The van der Waals surface area contributed by atoms with Gasteiger partial charge in [-0.1, -0.05) is 25.1 Å². The summed E-state index contributed by atoms with van der Waals surface area (Å²) in [6, 6.07) is 10.7. The number of para-hydroxylation sites is 1. The fourth-order valence-electron chi connectivity index (χ4n) is 1.64. The summed E-state index contributed by atoms with van der Waals surface area (Å²) in [5.41, 5.74) is 1.35. The fourth-order valence-corrected chi connectivity index (χ4v) is 2.26. The molecule has 1 nitrogen and oxygen atoms in total. The second-order valence-corrected chi connectivity index (χ2v) is 4.66. The zero-order valence-electron chi connectivity index (χ0n) is 8.44. The molecule has 2 heteroatoms. The Morgan fingerprint density at radius 2 is 2.07 bits per heavy atom. The van der Waals surface area contributed by atoms with Crippen molar-refractivity contribution in [2.45, 2.75) is 13.5 Å². The van der Waals surface area contributed by atoms with E-state index >= 15 is 0 Å². The molecule has 74 valence electrons. The van der Waals surface area contributed by atoms with E-state index in [-0.39, 0.29) is 0 Å². The number of fused-ring (bicyclic) bond motifs is 1. The predicted molar refractivity (Wildman–Crippen MR) is 64.9 cm³/mol. The highest BCUT2D eigenvalue weighted by atomic mass is 32.2. The maximum Gasteiger partial charge on any atom is 0.0480 e. The lowest BCUT2D eigenvalue weighted by Gasteiger charge is -2.03. The van der Waals surface area contributed by atoms with Crippen LogP contribution in [0.15, 0.2) is 36.5 Å². The standard InChI is InChI=1S/C12H15NS/c1-2-14-10-9-13-8-7-11-5-3-4-6-12(11)13/h3-8H,2,9-10H2,1H3. The van der Waals surface area contributed by atoms with E-state index in [1.165, 1.54) is 22.4 Å². The molecule has 0 saturated carbocycles. The van der Waals surface area contributed by atoms with Gasteiger partial charge >= 0.3 is 0 Å². The smallest absolute Gasteiger partial charge is 0.0480 e. The summed E-state index contributed by atoms with van der Waals surface area (Å²) < 4.78 is 2.33. The van der Waals surface area contributed by atoms with Gasteiger partial charge in [0.1, 0.15) is 0 Å². The topological polar surface area (TPSA) is 4.93 Å². The van der Waals surface area contributed by atoms with Crippen molar-refractivity contribution in [3.63, 3.8) is 0 Å². The van der Waals surface area contributed by atoms with E-state index in [9.17, 15) is 0 Å². The zero-order chi connectivity index (χ0) is 9.80. The number of benzene rings is 1. The van der Waals surface area contributed by atoms with Gasteiger partial charge in [-0.25, -0.2) is 0 Å². The van der Waals surface area contributed by atoms with E-state index in [2.05, 4.69) is 48.0 Å². The highest BCUT2D eigenvalue weighted by Crippen LogP contribution is 2.15. The summed E-state index contributed by atoms with van der Waals surface area (Å²) >= 11 is 1.99. The van der Waals surface area contributed by atoms with Crippen molar-refractivity contribution in [2.75, 3.05) is 11.5 Å². The van der Waals surface area contributed by atoms with Crippen LogP contribution in [0.1, 0.15) is 6.92 Å². The van der Waals surface area contributed by atoms with Crippen LogP contribution in [0.4, 0.5) is 0 Å². The quantitative estimate of drug-likeness (QED) is 0.693. The third-order valence-electron chi connectivity index (χ3n) is 2.36. The van der Waals surface area contributed by atoms with Crippen LogP contribution in [-0.2, 0) is 6.54 Å². The van der Waals surface area contributed by atoms with Crippen LogP contribution in [0.2, 0.25) is 0 Å². The molecule has 0 aliphatic heterocycles. The van der Waals surface area contributed by atoms with Gasteiger partial charge < -0.3 is 4.57 Å². The van der Waals surface area contributed by atoms with Gasteiger partial charge in [0.15, 0.2) is 0 Å². The molecule has 14 heavy (non-hydrogen) atoms. The van der Waals surface area contributed by atoms with E-state index in [4.69, 9.17) is 0 Å². The zero-order valence-corrected chi connectivity index (χ0v) is 9.26. The minimum atomic E-state index is 1.12. The molecule has 1 heterocycles.